The van der Waals surface area contributed by atoms with Crippen LogP contribution in [0.3, 0.4) is 0 Å². The molecule has 0 radical (unpaired) electrons. The SMILES string of the molecule is O=C(Nc1cccc(C(=O)Nc2c(C(F)(F)F)cc(C(F)(C(F)(F)F)C(F)(F)F)cc2C(F)(F)F)c1F)c1ccccc1. The molecule has 0 saturated carbocycles. The van der Waals surface area contributed by atoms with Gasteiger partial charge in [-0.3, -0.25) is 9.59 Å². The first-order valence-corrected chi connectivity index (χ1v) is 11.1. The fraction of sp³-hybridized carbons (Fsp3) is 0.200. The van der Waals surface area contributed by atoms with Crippen molar-refractivity contribution in [1.82, 2.24) is 0 Å². The van der Waals surface area contributed by atoms with Crippen molar-refractivity contribution in [2.45, 2.75) is 30.4 Å². The van der Waals surface area contributed by atoms with Crippen LogP contribution in [0.4, 0.5) is 72.8 Å². The van der Waals surface area contributed by atoms with Crippen LogP contribution in [0.5, 0.6) is 0 Å². The summed E-state index contributed by atoms with van der Waals surface area (Å²) in [6.07, 6.45) is -26.6. The topological polar surface area (TPSA) is 58.2 Å². The van der Waals surface area contributed by atoms with Crippen molar-refractivity contribution in [3.05, 3.63) is 94.3 Å². The molecule has 0 unspecified atom stereocenters. The molecular formula is C25H12F14N2O2. The van der Waals surface area contributed by atoms with E-state index in [-0.39, 0.29) is 5.56 Å². The zero-order valence-corrected chi connectivity index (χ0v) is 20.4. The van der Waals surface area contributed by atoms with Crippen LogP contribution < -0.4 is 10.6 Å². The van der Waals surface area contributed by atoms with E-state index in [1.165, 1.54) is 30.3 Å². The Balaban J connectivity index is 2.18. The summed E-state index contributed by atoms with van der Waals surface area (Å²) in [5.74, 6) is -4.76. The standard InChI is InChI=1S/C25H12F14N2O2/c26-17-13(7-4-8-16(17)40-19(42)11-5-2-1-3-6-11)20(43)41-18-14(22(28,29)30)9-12(10-15(18)23(31,32)33)21(27,24(34,35)36)25(37,38)39/h1-10H,(H,40,42)(H,41,43). The molecule has 43 heavy (non-hydrogen) atoms. The predicted molar refractivity (Wildman–Crippen MR) is 120 cm³/mol. The quantitative estimate of drug-likeness (QED) is 0.275. The van der Waals surface area contributed by atoms with Crippen molar-refractivity contribution in [3.8, 4) is 0 Å². The van der Waals surface area contributed by atoms with Gasteiger partial charge < -0.3 is 10.6 Å². The van der Waals surface area contributed by atoms with Crippen molar-refractivity contribution in [2.24, 2.45) is 0 Å². The van der Waals surface area contributed by atoms with Gasteiger partial charge in [-0.25, -0.2) is 8.78 Å². The highest BCUT2D eigenvalue weighted by molar-refractivity contribution is 6.08. The monoisotopic (exact) mass is 638 g/mol. The Bertz CT molecular complexity index is 1480. The zero-order chi connectivity index (χ0) is 32.8. The zero-order valence-electron chi connectivity index (χ0n) is 20.4. The lowest BCUT2D eigenvalue weighted by molar-refractivity contribution is -0.348. The van der Waals surface area contributed by atoms with Gasteiger partial charge in [-0.2, -0.15) is 52.7 Å². The molecule has 3 rings (SSSR count). The predicted octanol–water partition coefficient (Wildman–Crippen LogP) is 8.66. The average molecular weight is 638 g/mol. The number of amides is 2. The number of halogens is 14. The van der Waals surface area contributed by atoms with Gasteiger partial charge in [-0.05, 0) is 36.4 Å². The molecule has 0 aliphatic carbocycles. The lowest BCUT2D eigenvalue weighted by Crippen LogP contribution is -2.50. The minimum Gasteiger partial charge on any atom is -0.321 e. The number of anilines is 2. The summed E-state index contributed by atoms with van der Waals surface area (Å²) in [6, 6.07) is 6.69. The molecule has 2 N–H and O–H groups in total. The van der Waals surface area contributed by atoms with Crippen LogP contribution in [0.15, 0.2) is 60.7 Å². The molecule has 3 aromatic rings. The first kappa shape index (κ1) is 33.1. The Kier molecular flexibility index (Phi) is 8.50. The molecule has 0 atom stereocenters. The van der Waals surface area contributed by atoms with Gasteiger partial charge >= 0.3 is 30.4 Å². The molecule has 0 aliphatic heterocycles. The fourth-order valence-electron chi connectivity index (χ4n) is 3.68. The number of carbonyl (C=O) groups excluding carboxylic acids is 2. The summed E-state index contributed by atoms with van der Waals surface area (Å²) in [7, 11) is 0. The molecule has 4 nitrogen and oxygen atoms in total. The first-order chi connectivity index (χ1) is 19.5. The van der Waals surface area contributed by atoms with Crippen LogP contribution in [0.25, 0.3) is 0 Å². The number of benzene rings is 3. The van der Waals surface area contributed by atoms with Gasteiger partial charge in [0.05, 0.1) is 28.1 Å². The number of alkyl halides is 13. The van der Waals surface area contributed by atoms with Gasteiger partial charge in [0.25, 0.3) is 11.8 Å². The largest absolute Gasteiger partial charge is 0.435 e. The highest BCUT2D eigenvalue weighted by Crippen LogP contribution is 2.55. The Hall–Kier alpha value is -4.38. The van der Waals surface area contributed by atoms with Gasteiger partial charge in [0, 0.05) is 11.1 Å². The van der Waals surface area contributed by atoms with Gasteiger partial charge in [0.2, 0.25) is 0 Å². The summed E-state index contributed by atoms with van der Waals surface area (Å²) in [4.78, 5) is 25.0. The fourth-order valence-corrected chi connectivity index (χ4v) is 3.68. The van der Waals surface area contributed by atoms with Crippen LogP contribution in [0, 0.1) is 5.82 Å². The molecule has 2 amide bonds. The van der Waals surface area contributed by atoms with Crippen molar-refractivity contribution in [3.63, 3.8) is 0 Å². The molecule has 18 heteroatoms. The Morgan fingerprint density at radius 1 is 0.581 bits per heavy atom. The number of hydrogen-bond acceptors (Lipinski definition) is 2. The second-order valence-corrected chi connectivity index (χ2v) is 8.54. The second kappa shape index (κ2) is 11.0. The third-order valence-corrected chi connectivity index (χ3v) is 5.69. The third kappa shape index (κ3) is 6.51. The third-order valence-electron chi connectivity index (χ3n) is 5.69. The van der Waals surface area contributed by atoms with Crippen LogP contribution in [0.2, 0.25) is 0 Å². The maximum absolute atomic E-state index is 15.0. The average Bonchev–Trinajstić information content (AvgIpc) is 2.87. The minimum atomic E-state index is -7.09. The minimum absolute atomic E-state index is 0.0388. The van der Waals surface area contributed by atoms with Crippen LogP contribution in [0.1, 0.15) is 37.4 Å². The Morgan fingerprint density at radius 3 is 1.51 bits per heavy atom. The van der Waals surface area contributed by atoms with E-state index < -0.39 is 93.8 Å². The van der Waals surface area contributed by atoms with Gasteiger partial charge in [-0.15, -0.1) is 0 Å². The Morgan fingerprint density at radius 2 is 1.07 bits per heavy atom. The summed E-state index contributed by atoms with van der Waals surface area (Å²) >= 11 is 0. The normalized spacial score (nSPS) is 13.1. The van der Waals surface area contributed by atoms with Crippen LogP contribution in [-0.4, -0.2) is 24.2 Å². The van der Waals surface area contributed by atoms with Crippen LogP contribution in [-0.2, 0) is 18.0 Å². The Labute approximate surface area is 230 Å². The van der Waals surface area contributed by atoms with Crippen molar-refractivity contribution >= 4 is 23.2 Å². The van der Waals surface area contributed by atoms with E-state index in [1.54, 1.807) is 0 Å². The highest BCUT2D eigenvalue weighted by Gasteiger charge is 2.74. The van der Waals surface area contributed by atoms with E-state index in [0.717, 1.165) is 17.4 Å². The molecule has 0 bridgehead atoms. The van der Waals surface area contributed by atoms with E-state index in [4.69, 9.17) is 0 Å². The van der Waals surface area contributed by atoms with E-state index in [0.29, 0.717) is 6.07 Å². The van der Waals surface area contributed by atoms with Crippen molar-refractivity contribution < 1.29 is 71.1 Å². The molecule has 0 aromatic heterocycles. The van der Waals surface area contributed by atoms with E-state index in [2.05, 4.69) is 0 Å². The lowest BCUT2D eigenvalue weighted by atomic mass is 9.89. The number of rotatable bonds is 5. The lowest BCUT2D eigenvalue weighted by Gasteiger charge is -2.32. The smallest absolute Gasteiger partial charge is 0.321 e. The van der Waals surface area contributed by atoms with Gasteiger partial charge in [-0.1, -0.05) is 24.3 Å². The molecule has 0 heterocycles. The number of nitrogens with one attached hydrogen (secondary N) is 2. The summed E-state index contributed by atoms with van der Waals surface area (Å²) in [5, 5.41) is 3.00. The molecular weight excluding hydrogens is 626 g/mol. The van der Waals surface area contributed by atoms with Gasteiger partial charge in [0.1, 0.15) is 0 Å². The number of hydrogen-bond donors (Lipinski definition) is 2. The summed E-state index contributed by atoms with van der Waals surface area (Å²) < 4.78 is 191. The summed E-state index contributed by atoms with van der Waals surface area (Å²) in [6.45, 7) is 0. The molecule has 3 aromatic carbocycles. The summed E-state index contributed by atoms with van der Waals surface area (Å²) in [5.41, 5.74) is -20.4. The maximum Gasteiger partial charge on any atom is 0.435 e. The second-order valence-electron chi connectivity index (χ2n) is 8.54. The maximum atomic E-state index is 15.0. The van der Waals surface area contributed by atoms with E-state index in [1.807, 2.05) is 5.32 Å². The van der Waals surface area contributed by atoms with Crippen molar-refractivity contribution in [2.75, 3.05) is 10.6 Å². The first-order valence-electron chi connectivity index (χ1n) is 11.1. The molecule has 0 saturated heterocycles. The molecule has 0 spiro atoms. The molecule has 0 aliphatic rings. The molecule has 0 fully saturated rings. The van der Waals surface area contributed by atoms with Crippen molar-refractivity contribution in [1.29, 1.82) is 0 Å². The molecule has 232 valence electrons. The van der Waals surface area contributed by atoms with Crippen LogP contribution >= 0.6 is 0 Å². The van der Waals surface area contributed by atoms with E-state index >= 15 is 4.39 Å². The van der Waals surface area contributed by atoms with Gasteiger partial charge in [0.15, 0.2) is 5.82 Å². The van der Waals surface area contributed by atoms with E-state index in [9.17, 15) is 66.7 Å². The highest BCUT2D eigenvalue weighted by atomic mass is 19.4. The number of carbonyl (C=O) groups is 2.